The maximum atomic E-state index is 5.94. The number of hydrogen-bond donors (Lipinski definition) is 1. The van der Waals surface area contributed by atoms with E-state index in [1.54, 1.807) is 11.3 Å². The van der Waals surface area contributed by atoms with Gasteiger partial charge < -0.3 is 10.1 Å². The minimum absolute atomic E-state index is 0.0569. The first-order valence-electron chi connectivity index (χ1n) is 6.91. The standard InChI is InChI=1S/C16H21BrN2OS/c1-11-5-6-15(14(19-11)8-18-16(2,3)4)20-9-13-7-12(17)10-21-13/h5-7,10,18H,8-9H2,1-4H3. The van der Waals surface area contributed by atoms with Crippen molar-refractivity contribution >= 4 is 27.3 Å². The molecule has 0 spiro atoms. The van der Waals surface area contributed by atoms with E-state index < -0.39 is 0 Å². The van der Waals surface area contributed by atoms with Crippen LogP contribution in [0.3, 0.4) is 0 Å². The molecular weight excluding hydrogens is 348 g/mol. The van der Waals surface area contributed by atoms with Crippen LogP contribution >= 0.6 is 27.3 Å². The van der Waals surface area contributed by atoms with Gasteiger partial charge in [-0.05, 0) is 61.8 Å². The lowest BCUT2D eigenvalue weighted by molar-refractivity contribution is 0.301. The average molecular weight is 369 g/mol. The van der Waals surface area contributed by atoms with E-state index in [1.165, 1.54) is 4.88 Å². The number of pyridine rings is 1. The zero-order chi connectivity index (χ0) is 15.5. The summed E-state index contributed by atoms with van der Waals surface area (Å²) in [7, 11) is 0. The number of ether oxygens (including phenoxy) is 1. The highest BCUT2D eigenvalue weighted by atomic mass is 79.9. The van der Waals surface area contributed by atoms with Gasteiger partial charge >= 0.3 is 0 Å². The molecule has 0 radical (unpaired) electrons. The monoisotopic (exact) mass is 368 g/mol. The number of hydrogen-bond acceptors (Lipinski definition) is 4. The molecule has 0 fully saturated rings. The Kier molecular flexibility index (Phi) is 5.41. The number of halogens is 1. The van der Waals surface area contributed by atoms with Crippen LogP contribution in [-0.2, 0) is 13.2 Å². The summed E-state index contributed by atoms with van der Waals surface area (Å²) in [5.74, 6) is 0.849. The molecule has 21 heavy (non-hydrogen) atoms. The van der Waals surface area contributed by atoms with Gasteiger partial charge in [-0.1, -0.05) is 0 Å². The molecular formula is C16H21BrN2OS. The van der Waals surface area contributed by atoms with Crippen molar-refractivity contribution in [2.24, 2.45) is 0 Å². The fourth-order valence-electron chi connectivity index (χ4n) is 1.78. The number of thiophene rings is 1. The Morgan fingerprint density at radius 3 is 2.71 bits per heavy atom. The summed E-state index contributed by atoms with van der Waals surface area (Å²) in [6, 6.07) is 6.07. The van der Waals surface area contributed by atoms with E-state index >= 15 is 0 Å². The second-order valence-electron chi connectivity index (χ2n) is 6.02. The summed E-state index contributed by atoms with van der Waals surface area (Å²) >= 11 is 5.15. The topological polar surface area (TPSA) is 34.1 Å². The molecule has 0 aliphatic carbocycles. The average Bonchev–Trinajstić information content (AvgIpc) is 2.80. The zero-order valence-corrected chi connectivity index (χ0v) is 15.3. The number of nitrogens with zero attached hydrogens (tertiary/aromatic N) is 1. The van der Waals surface area contributed by atoms with E-state index in [0.717, 1.165) is 21.6 Å². The Hall–Kier alpha value is -0.910. The molecule has 2 aromatic heterocycles. The van der Waals surface area contributed by atoms with Crippen molar-refractivity contribution in [3.05, 3.63) is 44.3 Å². The third-order valence-corrected chi connectivity index (χ3v) is 4.52. The Morgan fingerprint density at radius 1 is 1.33 bits per heavy atom. The van der Waals surface area contributed by atoms with E-state index in [2.05, 4.69) is 58.4 Å². The molecule has 0 aliphatic rings. The molecule has 2 rings (SSSR count). The van der Waals surface area contributed by atoms with Crippen molar-refractivity contribution in [3.8, 4) is 5.75 Å². The second kappa shape index (κ2) is 6.90. The largest absolute Gasteiger partial charge is 0.486 e. The molecule has 0 saturated heterocycles. The van der Waals surface area contributed by atoms with Gasteiger partial charge in [0.2, 0.25) is 0 Å². The predicted octanol–water partition coefficient (Wildman–Crippen LogP) is 4.68. The first-order chi connectivity index (χ1) is 9.83. The molecule has 0 saturated carbocycles. The fourth-order valence-corrected chi connectivity index (χ4v) is 3.15. The van der Waals surface area contributed by atoms with E-state index in [4.69, 9.17) is 4.74 Å². The maximum absolute atomic E-state index is 5.94. The summed E-state index contributed by atoms with van der Waals surface area (Å²) in [6.45, 7) is 9.71. The van der Waals surface area contributed by atoms with Gasteiger partial charge in [0.1, 0.15) is 12.4 Å². The lowest BCUT2D eigenvalue weighted by Gasteiger charge is -2.21. The molecule has 1 N–H and O–H groups in total. The van der Waals surface area contributed by atoms with Crippen molar-refractivity contribution < 1.29 is 4.74 Å². The van der Waals surface area contributed by atoms with E-state index in [-0.39, 0.29) is 5.54 Å². The normalized spacial score (nSPS) is 11.7. The van der Waals surface area contributed by atoms with Crippen LogP contribution < -0.4 is 10.1 Å². The molecule has 0 aromatic carbocycles. The van der Waals surface area contributed by atoms with Gasteiger partial charge in [-0.2, -0.15) is 0 Å². The van der Waals surface area contributed by atoms with Crippen LogP contribution in [0, 0.1) is 6.92 Å². The molecule has 0 amide bonds. The van der Waals surface area contributed by atoms with Crippen LogP contribution in [0.2, 0.25) is 0 Å². The van der Waals surface area contributed by atoms with Crippen molar-refractivity contribution in [3.63, 3.8) is 0 Å². The molecule has 2 aromatic rings. The lowest BCUT2D eigenvalue weighted by Crippen LogP contribution is -2.35. The van der Waals surface area contributed by atoms with Gasteiger partial charge in [0.15, 0.2) is 0 Å². The van der Waals surface area contributed by atoms with Crippen LogP contribution in [0.5, 0.6) is 5.75 Å². The summed E-state index contributed by atoms with van der Waals surface area (Å²) in [4.78, 5) is 5.79. The summed E-state index contributed by atoms with van der Waals surface area (Å²) < 4.78 is 7.04. The molecule has 5 heteroatoms. The zero-order valence-electron chi connectivity index (χ0n) is 12.9. The lowest BCUT2D eigenvalue weighted by atomic mass is 10.1. The summed E-state index contributed by atoms with van der Waals surface area (Å²) in [6.07, 6.45) is 0. The van der Waals surface area contributed by atoms with Crippen LogP contribution in [-0.4, -0.2) is 10.5 Å². The summed E-state index contributed by atoms with van der Waals surface area (Å²) in [5.41, 5.74) is 2.02. The van der Waals surface area contributed by atoms with Crippen LogP contribution in [0.15, 0.2) is 28.1 Å². The minimum Gasteiger partial charge on any atom is -0.486 e. The van der Waals surface area contributed by atoms with E-state index in [0.29, 0.717) is 13.2 Å². The molecule has 0 unspecified atom stereocenters. The third kappa shape index (κ3) is 5.41. The molecule has 114 valence electrons. The third-order valence-electron chi connectivity index (χ3n) is 2.85. The van der Waals surface area contributed by atoms with Crippen molar-refractivity contribution in [1.82, 2.24) is 10.3 Å². The molecule has 0 atom stereocenters. The van der Waals surface area contributed by atoms with E-state index in [1.807, 2.05) is 19.1 Å². The van der Waals surface area contributed by atoms with Crippen LogP contribution in [0.1, 0.15) is 37.0 Å². The van der Waals surface area contributed by atoms with Crippen molar-refractivity contribution in [1.29, 1.82) is 0 Å². The Balaban J connectivity index is 2.07. The number of rotatable bonds is 5. The second-order valence-corrected chi connectivity index (χ2v) is 7.93. The molecule has 0 aliphatic heterocycles. The highest BCUT2D eigenvalue weighted by Gasteiger charge is 2.12. The minimum atomic E-state index is 0.0569. The van der Waals surface area contributed by atoms with Gasteiger partial charge in [-0.3, -0.25) is 4.98 Å². The SMILES string of the molecule is Cc1ccc(OCc2cc(Br)cs2)c(CNC(C)(C)C)n1. The smallest absolute Gasteiger partial charge is 0.142 e. The quantitative estimate of drug-likeness (QED) is 0.831. The van der Waals surface area contributed by atoms with Crippen molar-refractivity contribution in [2.75, 3.05) is 0 Å². The number of aromatic nitrogens is 1. The molecule has 3 nitrogen and oxygen atoms in total. The van der Waals surface area contributed by atoms with Gasteiger partial charge in [-0.15, -0.1) is 11.3 Å². The van der Waals surface area contributed by atoms with E-state index in [9.17, 15) is 0 Å². The van der Waals surface area contributed by atoms with Gasteiger partial charge in [0.25, 0.3) is 0 Å². The molecule has 0 bridgehead atoms. The van der Waals surface area contributed by atoms with Crippen LogP contribution in [0.25, 0.3) is 0 Å². The predicted molar refractivity (Wildman–Crippen MR) is 91.9 cm³/mol. The number of aryl methyl sites for hydroxylation is 1. The van der Waals surface area contributed by atoms with Gasteiger partial charge in [0.05, 0.1) is 5.69 Å². The fraction of sp³-hybridized carbons (Fsp3) is 0.438. The van der Waals surface area contributed by atoms with Crippen molar-refractivity contribution in [2.45, 2.75) is 46.4 Å². The first kappa shape index (κ1) is 16.5. The highest BCUT2D eigenvalue weighted by molar-refractivity contribution is 9.10. The summed E-state index contributed by atoms with van der Waals surface area (Å²) in [5, 5.41) is 5.52. The Morgan fingerprint density at radius 2 is 2.10 bits per heavy atom. The molecule has 2 heterocycles. The van der Waals surface area contributed by atoms with Gasteiger partial charge in [0, 0.05) is 32.5 Å². The number of nitrogens with one attached hydrogen (secondary N) is 1. The maximum Gasteiger partial charge on any atom is 0.142 e. The highest BCUT2D eigenvalue weighted by Crippen LogP contribution is 2.23. The Bertz CT molecular complexity index is 605. The Labute approximate surface area is 138 Å². The van der Waals surface area contributed by atoms with Gasteiger partial charge in [-0.25, -0.2) is 0 Å². The van der Waals surface area contributed by atoms with Crippen LogP contribution in [0.4, 0.5) is 0 Å². The first-order valence-corrected chi connectivity index (χ1v) is 8.58.